The second-order valence-electron chi connectivity index (χ2n) is 5.11. The Hall–Kier alpha value is -0.410. The highest BCUT2D eigenvalue weighted by molar-refractivity contribution is 7.09. The Morgan fingerprint density at radius 1 is 1.50 bits per heavy atom. The van der Waals surface area contributed by atoms with Gasteiger partial charge >= 0.3 is 0 Å². The minimum absolute atomic E-state index is 0.480. The molecule has 1 aromatic heterocycles. The van der Waals surface area contributed by atoms with Crippen LogP contribution in [0.2, 0.25) is 0 Å². The summed E-state index contributed by atoms with van der Waals surface area (Å²) in [5.41, 5.74) is 0.589. The van der Waals surface area contributed by atoms with E-state index in [0.717, 1.165) is 35.9 Å². The molecule has 1 aliphatic rings. The Kier molecular flexibility index (Phi) is 3.65. The fourth-order valence-electron chi connectivity index (χ4n) is 2.63. The summed E-state index contributed by atoms with van der Waals surface area (Å²) in [6, 6.07) is 0. The lowest BCUT2D eigenvalue weighted by molar-refractivity contribution is -0.00987. The van der Waals surface area contributed by atoms with Gasteiger partial charge in [0.2, 0.25) is 0 Å². The van der Waals surface area contributed by atoms with E-state index in [1.807, 2.05) is 6.92 Å². The average molecular weight is 239 g/mol. The van der Waals surface area contributed by atoms with Crippen LogP contribution in [-0.4, -0.2) is 15.7 Å². The Morgan fingerprint density at radius 2 is 2.19 bits per heavy atom. The van der Waals surface area contributed by atoms with Crippen LogP contribution >= 0.6 is 11.3 Å². The SMILES string of the molecule is CCC1CCC(O)(Cc2csc(C)n2)CC1. The predicted octanol–water partition coefficient (Wildman–Crippen LogP) is 3.33. The van der Waals surface area contributed by atoms with Crippen molar-refractivity contribution < 1.29 is 5.11 Å². The molecule has 2 nitrogen and oxygen atoms in total. The highest BCUT2D eigenvalue weighted by Gasteiger charge is 2.33. The van der Waals surface area contributed by atoms with Crippen LogP contribution in [0.4, 0.5) is 0 Å². The Morgan fingerprint density at radius 3 is 2.69 bits per heavy atom. The summed E-state index contributed by atoms with van der Waals surface area (Å²) in [5.74, 6) is 0.831. The first-order valence-electron chi connectivity index (χ1n) is 6.25. The molecule has 0 atom stereocenters. The van der Waals surface area contributed by atoms with Gasteiger partial charge in [0.05, 0.1) is 16.3 Å². The Bertz CT molecular complexity index is 339. The largest absolute Gasteiger partial charge is 0.389 e. The van der Waals surface area contributed by atoms with Gasteiger partial charge in [0, 0.05) is 11.8 Å². The van der Waals surface area contributed by atoms with E-state index in [9.17, 15) is 5.11 Å². The lowest BCUT2D eigenvalue weighted by Crippen LogP contribution is -2.36. The molecule has 16 heavy (non-hydrogen) atoms. The molecular weight excluding hydrogens is 218 g/mol. The van der Waals surface area contributed by atoms with Crippen LogP contribution < -0.4 is 0 Å². The smallest absolute Gasteiger partial charge is 0.0897 e. The van der Waals surface area contributed by atoms with E-state index in [2.05, 4.69) is 17.3 Å². The van der Waals surface area contributed by atoms with Crippen LogP contribution in [0.15, 0.2) is 5.38 Å². The molecule has 1 aliphatic carbocycles. The molecule has 0 unspecified atom stereocenters. The van der Waals surface area contributed by atoms with Crippen molar-refractivity contribution in [3.05, 3.63) is 16.1 Å². The summed E-state index contributed by atoms with van der Waals surface area (Å²) >= 11 is 1.67. The third kappa shape index (κ3) is 2.83. The highest BCUT2D eigenvalue weighted by atomic mass is 32.1. The van der Waals surface area contributed by atoms with Crippen LogP contribution in [0, 0.1) is 12.8 Å². The number of aryl methyl sites for hydroxylation is 1. The molecule has 2 rings (SSSR count). The maximum absolute atomic E-state index is 10.5. The van der Waals surface area contributed by atoms with E-state index in [1.54, 1.807) is 11.3 Å². The van der Waals surface area contributed by atoms with Crippen LogP contribution in [0.5, 0.6) is 0 Å². The molecule has 0 amide bonds. The first-order valence-corrected chi connectivity index (χ1v) is 7.13. The van der Waals surface area contributed by atoms with Gasteiger partial charge in [-0.15, -0.1) is 11.3 Å². The number of aliphatic hydroxyl groups is 1. The number of nitrogens with zero attached hydrogens (tertiary/aromatic N) is 1. The maximum atomic E-state index is 10.5. The fourth-order valence-corrected chi connectivity index (χ4v) is 3.24. The third-order valence-electron chi connectivity index (χ3n) is 3.79. The normalized spacial score (nSPS) is 30.6. The van der Waals surface area contributed by atoms with Gasteiger partial charge in [0.15, 0.2) is 0 Å². The molecule has 1 heterocycles. The molecule has 0 saturated heterocycles. The van der Waals surface area contributed by atoms with Crippen LogP contribution in [-0.2, 0) is 6.42 Å². The molecule has 0 spiro atoms. The van der Waals surface area contributed by atoms with E-state index >= 15 is 0 Å². The molecule has 1 N–H and O–H groups in total. The van der Waals surface area contributed by atoms with Crippen molar-refractivity contribution >= 4 is 11.3 Å². The summed E-state index contributed by atoms with van der Waals surface area (Å²) in [5, 5.41) is 13.7. The standard InChI is InChI=1S/C13H21NOS/c1-3-11-4-6-13(15,7-5-11)8-12-9-16-10(2)14-12/h9,11,15H,3-8H2,1-2H3. The van der Waals surface area contributed by atoms with E-state index in [0.29, 0.717) is 0 Å². The van der Waals surface area contributed by atoms with Gasteiger partial charge in [-0.25, -0.2) is 4.98 Å². The van der Waals surface area contributed by atoms with Crippen molar-refractivity contribution in [1.82, 2.24) is 4.98 Å². The van der Waals surface area contributed by atoms with Gasteiger partial charge in [0.25, 0.3) is 0 Å². The molecule has 0 aromatic carbocycles. The monoisotopic (exact) mass is 239 g/mol. The zero-order valence-corrected chi connectivity index (χ0v) is 11.0. The summed E-state index contributed by atoms with van der Waals surface area (Å²) < 4.78 is 0. The zero-order chi connectivity index (χ0) is 11.6. The molecular formula is C13H21NOS. The topological polar surface area (TPSA) is 33.1 Å². The predicted molar refractivity (Wildman–Crippen MR) is 67.8 cm³/mol. The number of rotatable bonds is 3. The van der Waals surface area contributed by atoms with Crippen molar-refractivity contribution in [3.8, 4) is 0 Å². The lowest BCUT2D eigenvalue weighted by Gasteiger charge is -2.35. The lowest BCUT2D eigenvalue weighted by atomic mass is 9.76. The molecule has 3 heteroatoms. The number of hydrogen-bond donors (Lipinski definition) is 1. The summed E-state index contributed by atoms with van der Waals surface area (Å²) in [4.78, 5) is 4.45. The van der Waals surface area contributed by atoms with Gasteiger partial charge in [0.1, 0.15) is 0 Å². The first kappa shape index (κ1) is 12.1. The Balaban J connectivity index is 1.94. The van der Waals surface area contributed by atoms with Gasteiger partial charge in [-0.3, -0.25) is 0 Å². The summed E-state index contributed by atoms with van der Waals surface area (Å²) in [6.45, 7) is 4.27. The van der Waals surface area contributed by atoms with Gasteiger partial charge in [-0.1, -0.05) is 13.3 Å². The summed E-state index contributed by atoms with van der Waals surface area (Å²) in [7, 11) is 0. The zero-order valence-electron chi connectivity index (χ0n) is 10.2. The van der Waals surface area contributed by atoms with Crippen LogP contribution in [0.25, 0.3) is 0 Å². The first-order chi connectivity index (χ1) is 7.61. The molecule has 90 valence electrons. The van der Waals surface area contributed by atoms with Gasteiger partial charge < -0.3 is 5.11 Å². The van der Waals surface area contributed by atoms with Crippen LogP contribution in [0.1, 0.15) is 49.7 Å². The van der Waals surface area contributed by atoms with E-state index in [1.165, 1.54) is 19.3 Å². The van der Waals surface area contributed by atoms with Crippen molar-refractivity contribution in [3.63, 3.8) is 0 Å². The van der Waals surface area contributed by atoms with E-state index < -0.39 is 5.60 Å². The Labute approximate surface area is 102 Å². The van der Waals surface area contributed by atoms with E-state index in [4.69, 9.17) is 0 Å². The molecule has 0 radical (unpaired) electrons. The average Bonchev–Trinajstić information content (AvgIpc) is 2.64. The third-order valence-corrected chi connectivity index (χ3v) is 4.61. The van der Waals surface area contributed by atoms with Crippen molar-refractivity contribution in [2.45, 2.75) is 58.0 Å². The molecule has 1 aromatic rings. The van der Waals surface area contributed by atoms with Crippen molar-refractivity contribution in [2.75, 3.05) is 0 Å². The highest BCUT2D eigenvalue weighted by Crippen LogP contribution is 2.35. The number of thiazole rings is 1. The van der Waals surface area contributed by atoms with E-state index in [-0.39, 0.29) is 0 Å². The van der Waals surface area contributed by atoms with Crippen LogP contribution in [0.3, 0.4) is 0 Å². The maximum Gasteiger partial charge on any atom is 0.0897 e. The number of hydrogen-bond acceptors (Lipinski definition) is 3. The van der Waals surface area contributed by atoms with Gasteiger partial charge in [-0.05, 0) is 38.5 Å². The summed E-state index contributed by atoms with van der Waals surface area (Å²) in [6.07, 6.45) is 6.25. The van der Waals surface area contributed by atoms with Gasteiger partial charge in [-0.2, -0.15) is 0 Å². The second kappa shape index (κ2) is 4.84. The minimum atomic E-state index is -0.480. The molecule has 1 fully saturated rings. The van der Waals surface area contributed by atoms with Crippen molar-refractivity contribution in [2.24, 2.45) is 5.92 Å². The molecule has 0 bridgehead atoms. The number of aromatic nitrogens is 1. The van der Waals surface area contributed by atoms with Crippen molar-refractivity contribution in [1.29, 1.82) is 0 Å². The second-order valence-corrected chi connectivity index (χ2v) is 6.17. The fraction of sp³-hybridized carbons (Fsp3) is 0.769. The molecule has 0 aliphatic heterocycles. The minimum Gasteiger partial charge on any atom is -0.389 e. The quantitative estimate of drug-likeness (QED) is 0.877. The molecule has 1 saturated carbocycles.